The van der Waals surface area contributed by atoms with Crippen LogP contribution >= 0.6 is 0 Å². The van der Waals surface area contributed by atoms with Crippen molar-refractivity contribution in [3.63, 3.8) is 0 Å². The van der Waals surface area contributed by atoms with Gasteiger partial charge in [-0.15, -0.1) is 5.10 Å². The molecule has 0 radical (unpaired) electrons. The summed E-state index contributed by atoms with van der Waals surface area (Å²) in [6, 6.07) is 14.6. The molecule has 1 unspecified atom stereocenters. The van der Waals surface area contributed by atoms with Crippen LogP contribution in [0.4, 0.5) is 0 Å². The van der Waals surface area contributed by atoms with Crippen molar-refractivity contribution in [2.75, 3.05) is 0 Å². The lowest BCUT2D eigenvalue weighted by atomic mass is 10.1. The monoisotopic (exact) mass is 356 g/mol. The van der Waals surface area contributed by atoms with Gasteiger partial charge < -0.3 is 0 Å². The molecule has 27 heavy (non-hydrogen) atoms. The van der Waals surface area contributed by atoms with Crippen molar-refractivity contribution in [3.05, 3.63) is 71.3 Å². The van der Waals surface area contributed by atoms with E-state index in [0.717, 1.165) is 46.6 Å². The number of benzene rings is 1. The van der Waals surface area contributed by atoms with E-state index in [1.54, 1.807) is 4.68 Å². The summed E-state index contributed by atoms with van der Waals surface area (Å²) in [5.74, 6) is 3.91. The van der Waals surface area contributed by atoms with Crippen molar-refractivity contribution in [2.24, 2.45) is 0 Å². The third-order valence-electron chi connectivity index (χ3n) is 5.11. The lowest BCUT2D eigenvalue weighted by Gasteiger charge is -2.07. The van der Waals surface area contributed by atoms with Crippen molar-refractivity contribution < 1.29 is 0 Å². The second-order valence-corrected chi connectivity index (χ2v) is 7.19. The highest BCUT2D eigenvalue weighted by Crippen LogP contribution is 2.53. The van der Waals surface area contributed by atoms with Crippen LogP contribution in [0.25, 0.3) is 16.7 Å². The fraction of sp³-hybridized carbons (Fsp3) is 0.286. The summed E-state index contributed by atoms with van der Waals surface area (Å²) in [5, 5.41) is 5.63. The van der Waals surface area contributed by atoms with Crippen LogP contribution in [0.1, 0.15) is 47.1 Å². The highest BCUT2D eigenvalue weighted by molar-refractivity contribution is 5.78. The van der Waals surface area contributed by atoms with E-state index in [1.807, 2.05) is 39.0 Å². The van der Waals surface area contributed by atoms with E-state index in [9.17, 15) is 0 Å². The first-order valence-electron chi connectivity index (χ1n) is 9.20. The van der Waals surface area contributed by atoms with Crippen LogP contribution in [-0.4, -0.2) is 29.7 Å². The fourth-order valence-corrected chi connectivity index (χ4v) is 3.75. The molecule has 0 bridgehead atoms. The first-order chi connectivity index (χ1) is 13.1. The molecule has 4 aromatic rings. The molecule has 0 aliphatic heterocycles. The van der Waals surface area contributed by atoms with Crippen LogP contribution in [0.3, 0.4) is 0 Å². The van der Waals surface area contributed by atoms with Gasteiger partial charge in [-0.25, -0.2) is 15.0 Å². The second kappa shape index (κ2) is 5.94. The number of fused-ring (bicyclic) bond motifs is 1. The van der Waals surface area contributed by atoms with Crippen LogP contribution in [0, 0.1) is 20.8 Å². The Balaban J connectivity index is 1.48. The molecule has 2 atom stereocenters. The molecule has 134 valence electrons. The molecular formula is C21H20N6. The Hall–Kier alpha value is -3.15. The molecule has 0 N–H and O–H groups in total. The van der Waals surface area contributed by atoms with Gasteiger partial charge in [0.15, 0.2) is 5.82 Å². The summed E-state index contributed by atoms with van der Waals surface area (Å²) < 4.78 is 1.79. The molecule has 0 spiro atoms. The number of hydrogen-bond donors (Lipinski definition) is 0. The highest BCUT2D eigenvalue weighted by Gasteiger charge is 2.42. The number of para-hydroxylation sites is 1. The highest BCUT2D eigenvalue weighted by atomic mass is 15.4. The molecule has 6 heteroatoms. The molecule has 3 aromatic heterocycles. The van der Waals surface area contributed by atoms with Crippen molar-refractivity contribution in [1.29, 1.82) is 0 Å². The normalized spacial score (nSPS) is 18.8. The number of hydrogen-bond acceptors (Lipinski definition) is 5. The largest absolute Gasteiger partial charge is 0.253 e. The number of pyridine rings is 1. The Morgan fingerprint density at radius 2 is 1.63 bits per heavy atom. The quantitative estimate of drug-likeness (QED) is 0.558. The first kappa shape index (κ1) is 16.1. The van der Waals surface area contributed by atoms with Gasteiger partial charge in [-0.3, -0.25) is 4.98 Å². The van der Waals surface area contributed by atoms with Gasteiger partial charge >= 0.3 is 0 Å². The maximum absolute atomic E-state index is 4.86. The van der Waals surface area contributed by atoms with Crippen LogP contribution < -0.4 is 0 Å². The lowest BCUT2D eigenvalue weighted by molar-refractivity contribution is 0.778. The maximum Gasteiger partial charge on any atom is 0.159 e. The standard InChI is InChI=1S/C21H20N6/c1-12-23-20(11-21(24-12)27-14(3)22-13(2)26-27)17-10-16(17)19-9-8-15-6-4-5-7-18(15)25-19/h4-9,11,16-17H,10H2,1-3H3/t16?,17-/m1/s1. The molecule has 0 saturated heterocycles. The Bertz CT molecular complexity index is 1160. The van der Waals surface area contributed by atoms with E-state index in [0.29, 0.717) is 11.8 Å². The molecule has 1 fully saturated rings. The topological polar surface area (TPSA) is 69.4 Å². The zero-order valence-electron chi connectivity index (χ0n) is 15.6. The molecule has 1 aliphatic rings. The van der Waals surface area contributed by atoms with E-state index in [4.69, 9.17) is 9.97 Å². The summed E-state index contributed by atoms with van der Waals surface area (Å²) in [5.41, 5.74) is 3.25. The van der Waals surface area contributed by atoms with Crippen molar-refractivity contribution in [2.45, 2.75) is 39.0 Å². The van der Waals surface area contributed by atoms with Crippen molar-refractivity contribution in [1.82, 2.24) is 29.7 Å². The fourth-order valence-electron chi connectivity index (χ4n) is 3.75. The third kappa shape index (κ3) is 2.87. The van der Waals surface area contributed by atoms with Gasteiger partial charge in [-0.2, -0.15) is 4.68 Å². The third-order valence-corrected chi connectivity index (χ3v) is 5.11. The minimum Gasteiger partial charge on any atom is -0.253 e. The van der Waals surface area contributed by atoms with Crippen LogP contribution in [0.5, 0.6) is 0 Å². The smallest absolute Gasteiger partial charge is 0.159 e. The van der Waals surface area contributed by atoms with E-state index >= 15 is 0 Å². The predicted octanol–water partition coefficient (Wildman–Crippen LogP) is 3.80. The van der Waals surface area contributed by atoms with Gasteiger partial charge in [0.1, 0.15) is 17.5 Å². The van der Waals surface area contributed by atoms with Gasteiger partial charge in [0.2, 0.25) is 0 Å². The van der Waals surface area contributed by atoms with Crippen molar-refractivity contribution >= 4 is 10.9 Å². The number of rotatable bonds is 3. The SMILES string of the molecule is Cc1nc([C@@H]2CC2c2ccc3ccccc3n2)cc(-n2nc(C)nc2C)n1. The van der Waals surface area contributed by atoms with Gasteiger partial charge in [0, 0.05) is 29.0 Å². The van der Waals surface area contributed by atoms with Crippen LogP contribution in [0.2, 0.25) is 0 Å². The van der Waals surface area contributed by atoms with Crippen LogP contribution in [-0.2, 0) is 0 Å². The van der Waals surface area contributed by atoms with E-state index in [1.165, 1.54) is 5.39 Å². The van der Waals surface area contributed by atoms with Gasteiger partial charge in [-0.1, -0.05) is 24.3 Å². The van der Waals surface area contributed by atoms with E-state index in [-0.39, 0.29) is 0 Å². The van der Waals surface area contributed by atoms with Gasteiger partial charge in [-0.05, 0) is 39.3 Å². The summed E-state index contributed by atoms with van der Waals surface area (Å²) in [7, 11) is 0. The van der Waals surface area contributed by atoms with Gasteiger partial charge in [0.25, 0.3) is 0 Å². The minimum absolute atomic E-state index is 0.379. The Labute approximate surface area is 157 Å². The average molecular weight is 356 g/mol. The number of aromatic nitrogens is 6. The summed E-state index contributed by atoms with van der Waals surface area (Å²) in [4.78, 5) is 18.5. The minimum atomic E-state index is 0.379. The van der Waals surface area contributed by atoms with E-state index < -0.39 is 0 Å². The summed E-state index contributed by atoms with van der Waals surface area (Å²) >= 11 is 0. The average Bonchev–Trinajstić information content (AvgIpc) is 3.39. The molecule has 5 rings (SSSR count). The molecule has 1 aromatic carbocycles. The predicted molar refractivity (Wildman–Crippen MR) is 103 cm³/mol. The molecule has 0 amide bonds. The zero-order chi connectivity index (χ0) is 18.5. The first-order valence-corrected chi connectivity index (χ1v) is 9.20. The lowest BCUT2D eigenvalue weighted by Crippen LogP contribution is -2.06. The Morgan fingerprint density at radius 1 is 0.815 bits per heavy atom. The molecule has 6 nitrogen and oxygen atoms in total. The molecule has 3 heterocycles. The summed E-state index contributed by atoms with van der Waals surface area (Å²) in [6.45, 7) is 5.76. The summed E-state index contributed by atoms with van der Waals surface area (Å²) in [6.07, 6.45) is 1.07. The molecule has 1 saturated carbocycles. The second-order valence-electron chi connectivity index (χ2n) is 7.19. The van der Waals surface area contributed by atoms with Crippen LogP contribution in [0.15, 0.2) is 42.5 Å². The molecule has 1 aliphatic carbocycles. The maximum atomic E-state index is 4.86. The Kier molecular flexibility index (Phi) is 3.53. The number of aryl methyl sites for hydroxylation is 3. The Morgan fingerprint density at radius 3 is 2.44 bits per heavy atom. The molecular weight excluding hydrogens is 336 g/mol. The van der Waals surface area contributed by atoms with E-state index in [2.05, 4.69) is 39.3 Å². The number of nitrogens with zero attached hydrogens (tertiary/aromatic N) is 6. The van der Waals surface area contributed by atoms with Gasteiger partial charge in [0.05, 0.1) is 11.2 Å². The van der Waals surface area contributed by atoms with Crippen molar-refractivity contribution in [3.8, 4) is 5.82 Å². The zero-order valence-corrected chi connectivity index (χ0v) is 15.6.